The zero-order chi connectivity index (χ0) is 57.9. The zero-order valence-electron chi connectivity index (χ0n) is 49.2. The summed E-state index contributed by atoms with van der Waals surface area (Å²) in [5, 5.41) is 36.5. The van der Waals surface area contributed by atoms with E-state index in [1.807, 2.05) is 24.3 Å². The van der Waals surface area contributed by atoms with Crippen molar-refractivity contribution in [3.8, 4) is 0 Å². The number of halogens is 2. The fourth-order valence-corrected chi connectivity index (χ4v) is 6.82. The Hall–Kier alpha value is -3.01. The molecule has 14 nitrogen and oxygen atoms in total. The number of carbonyl (C=O) groups excluding carboxylic acids is 2. The summed E-state index contributed by atoms with van der Waals surface area (Å²) in [5.74, 6) is 1.75. The average molecular weight is 1220 g/mol. The first-order valence-corrected chi connectivity index (χ1v) is 26.2. The molecule has 4 aromatic heterocycles. The van der Waals surface area contributed by atoms with Crippen molar-refractivity contribution in [3.63, 3.8) is 0 Å². The van der Waals surface area contributed by atoms with Gasteiger partial charge < -0.3 is 34.6 Å². The van der Waals surface area contributed by atoms with Gasteiger partial charge in [-0.3, -0.25) is 9.59 Å². The van der Waals surface area contributed by atoms with Crippen LogP contribution in [0.1, 0.15) is 107 Å². The van der Waals surface area contributed by atoms with Crippen molar-refractivity contribution in [1.29, 1.82) is 0 Å². The van der Waals surface area contributed by atoms with Gasteiger partial charge in [-0.05, 0) is 83.3 Å². The van der Waals surface area contributed by atoms with Crippen LogP contribution in [-0.2, 0) is 27.6 Å². The van der Waals surface area contributed by atoms with Gasteiger partial charge in [-0.2, -0.15) is 77.9 Å². The SMILES string of the molecule is CC(C)(C)c1c[c-]no1.CC(C)(C)c1c[c-]no1.CC(C)(C)c1c[c-]no1.Cc1cc(C(=O)Nc2cc[c-]cc2)c(Cl)nn1.Cc1ccc(CNc2cc[c-]cc2)cc1.O=C(Nc1cc[c-]cc1)[C@@H](O)CSc1ccc(F)cc1.[K+].[K+].[K+]. The van der Waals surface area contributed by atoms with Crippen LogP contribution < -0.4 is 170 Å². The van der Waals surface area contributed by atoms with E-state index in [1.165, 1.54) is 35.0 Å². The van der Waals surface area contributed by atoms with Gasteiger partial charge in [-0.1, -0.05) is 121 Å². The second kappa shape index (κ2) is 40.4. The second-order valence-corrected chi connectivity index (χ2v) is 21.8. The standard InChI is InChI=1S/C15H13FNO2S.C14H14N.C12H9ClN3O.3C7H10NO.3K/c16-11-6-8-13(9-7-11)20-10-14(18)15(19)17-12-4-2-1-3-5-12;1-12-7-9-13(10-8-12)11-15-14-5-3-2-4-6-14;1-8-7-10(11(13)16-15-8)12(17)14-9-5-3-2-4-6-9;3*1-7(2,3)6-4-5-8-9-6;;;/h2-9,14,18H,10H2,(H,17,19);3-10,15H,11H2,1H3;3-7H,1H3,(H,14,17);3*4H,1-3H3;;;/q6*-1;3*+1/t14-;;;;;;;;/m0......../s1. The fraction of sp³-hybridized carbons (Fsp3) is 0.274. The van der Waals surface area contributed by atoms with E-state index in [2.05, 4.69) is 172 Å². The van der Waals surface area contributed by atoms with Crippen LogP contribution in [0.3, 0.4) is 0 Å². The molecule has 82 heavy (non-hydrogen) atoms. The van der Waals surface area contributed by atoms with Crippen molar-refractivity contribution in [2.24, 2.45) is 0 Å². The summed E-state index contributed by atoms with van der Waals surface area (Å²) in [6.07, 6.45) is 6.73. The van der Waals surface area contributed by atoms with E-state index in [-0.39, 0.29) is 193 Å². The molecule has 0 spiro atoms. The summed E-state index contributed by atoms with van der Waals surface area (Å²) in [7, 11) is 0. The van der Waals surface area contributed by atoms with E-state index in [4.69, 9.17) is 25.2 Å². The van der Waals surface area contributed by atoms with Crippen LogP contribution >= 0.6 is 23.4 Å². The van der Waals surface area contributed by atoms with Gasteiger partial charge in [0, 0.05) is 17.2 Å². The molecule has 0 aliphatic carbocycles. The number of nitrogens with zero attached hydrogens (tertiary/aromatic N) is 5. The van der Waals surface area contributed by atoms with Crippen molar-refractivity contribution < 1.29 is 187 Å². The summed E-state index contributed by atoms with van der Waals surface area (Å²) in [4.78, 5) is 24.5. The number of hydrogen-bond donors (Lipinski definition) is 4. The number of aliphatic hydroxyl groups is 1. The Morgan fingerprint density at radius 1 is 0.610 bits per heavy atom. The molecule has 416 valence electrons. The van der Waals surface area contributed by atoms with Gasteiger partial charge in [-0.15, -0.1) is 71.8 Å². The molecular formula is C62H66ClFK3N8O6S-3. The summed E-state index contributed by atoms with van der Waals surface area (Å²) >= 11 is 7.11. The predicted octanol–water partition coefficient (Wildman–Crippen LogP) is 4.94. The number of benzene rings is 5. The van der Waals surface area contributed by atoms with Crippen LogP contribution in [0.4, 0.5) is 21.5 Å². The summed E-state index contributed by atoms with van der Waals surface area (Å²) in [5.41, 5.74) is 6.16. The number of hydrogen-bond acceptors (Lipinski definition) is 13. The van der Waals surface area contributed by atoms with E-state index in [0.29, 0.717) is 22.6 Å². The molecule has 4 heterocycles. The van der Waals surface area contributed by atoms with E-state index in [9.17, 15) is 19.1 Å². The largest absolute Gasteiger partial charge is 1.00 e. The van der Waals surface area contributed by atoms with Crippen molar-refractivity contribution in [2.75, 3.05) is 21.7 Å². The second-order valence-electron chi connectivity index (χ2n) is 20.3. The van der Waals surface area contributed by atoms with Crippen molar-refractivity contribution in [3.05, 3.63) is 233 Å². The van der Waals surface area contributed by atoms with Crippen molar-refractivity contribution in [2.45, 2.75) is 110 Å². The monoisotopic (exact) mass is 1220 g/mol. The summed E-state index contributed by atoms with van der Waals surface area (Å²) in [6.45, 7) is 23.4. The molecule has 4 N–H and O–H groups in total. The predicted molar refractivity (Wildman–Crippen MR) is 308 cm³/mol. The van der Waals surface area contributed by atoms with Gasteiger partial charge >= 0.3 is 154 Å². The van der Waals surface area contributed by atoms with Crippen molar-refractivity contribution >= 4 is 52.2 Å². The zero-order valence-corrected chi connectivity index (χ0v) is 60.2. The first-order valence-electron chi connectivity index (χ1n) is 24.8. The quantitative estimate of drug-likeness (QED) is 0.0818. The Morgan fingerprint density at radius 2 is 1.02 bits per heavy atom. The van der Waals surface area contributed by atoms with Crippen LogP contribution in [0.2, 0.25) is 5.15 Å². The Balaban J connectivity index is 0.000000502. The van der Waals surface area contributed by atoms with Gasteiger partial charge in [-0.25, -0.2) is 19.9 Å². The van der Waals surface area contributed by atoms with Crippen LogP contribution in [-0.4, -0.2) is 54.4 Å². The summed E-state index contributed by atoms with van der Waals surface area (Å²) in [6, 6.07) is 51.6. The fourth-order valence-electron chi connectivity index (χ4n) is 5.81. The van der Waals surface area contributed by atoms with Crippen LogP contribution in [0, 0.1) is 56.5 Å². The van der Waals surface area contributed by atoms with Gasteiger partial charge in [0.1, 0.15) is 11.9 Å². The number of aromatic nitrogens is 5. The first-order chi connectivity index (χ1) is 37.5. The maximum absolute atomic E-state index is 12.7. The van der Waals surface area contributed by atoms with Crippen LogP contribution in [0.5, 0.6) is 0 Å². The van der Waals surface area contributed by atoms with Crippen LogP contribution in [0.15, 0.2) is 164 Å². The van der Waals surface area contributed by atoms with Gasteiger partial charge in [0.25, 0.3) is 11.8 Å². The van der Waals surface area contributed by atoms with Gasteiger partial charge in [0.05, 0.1) is 11.3 Å². The molecular weight excluding hydrogens is 1160 g/mol. The molecule has 9 rings (SSSR count). The molecule has 0 fully saturated rings. The Labute approximate surface area is 619 Å². The molecule has 0 aliphatic rings. The number of anilines is 3. The molecule has 20 heteroatoms. The number of aryl methyl sites for hydroxylation is 2. The van der Waals surface area contributed by atoms with E-state index < -0.39 is 12.0 Å². The van der Waals surface area contributed by atoms with Gasteiger partial charge in [0.2, 0.25) is 0 Å². The molecule has 0 radical (unpaired) electrons. The normalized spacial score (nSPS) is 10.7. The Kier molecular flexibility index (Phi) is 37.9. The van der Waals surface area contributed by atoms with E-state index in [1.54, 1.807) is 91.9 Å². The molecule has 2 amide bonds. The Morgan fingerprint density at radius 3 is 1.41 bits per heavy atom. The molecule has 5 aromatic carbocycles. The molecule has 0 saturated carbocycles. The average Bonchev–Trinajstić information content (AvgIpc) is 4.27. The smallest absolute Gasteiger partial charge is 0.470 e. The summed E-state index contributed by atoms with van der Waals surface area (Å²) < 4.78 is 27.4. The number of aliphatic hydroxyl groups excluding tert-OH is 1. The maximum atomic E-state index is 12.7. The minimum atomic E-state index is -1.13. The third kappa shape index (κ3) is 31.4. The van der Waals surface area contributed by atoms with Gasteiger partial charge in [0.15, 0.2) is 5.15 Å². The minimum absolute atomic E-state index is 0. The third-order valence-corrected chi connectivity index (χ3v) is 11.7. The molecule has 0 unspecified atom stereocenters. The van der Waals surface area contributed by atoms with E-state index >= 15 is 0 Å². The number of nitrogens with one attached hydrogen (secondary N) is 3. The third-order valence-electron chi connectivity index (χ3n) is 10.3. The number of carbonyl (C=O) groups is 2. The van der Waals surface area contributed by atoms with E-state index in [0.717, 1.165) is 34.4 Å². The maximum Gasteiger partial charge on any atom is 1.00 e. The molecule has 0 saturated heterocycles. The topological polar surface area (TPSA) is 194 Å². The minimum Gasteiger partial charge on any atom is -0.470 e. The Bertz CT molecular complexity index is 2990. The first kappa shape index (κ1) is 77.0. The van der Waals surface area contributed by atoms with Crippen molar-refractivity contribution in [1.82, 2.24) is 25.7 Å². The number of amides is 2. The van der Waals surface area contributed by atoms with Crippen LogP contribution in [0.25, 0.3) is 0 Å². The molecule has 0 bridgehead atoms. The number of rotatable bonds is 10. The molecule has 0 aliphatic heterocycles. The molecule has 9 aromatic rings. The number of thioether (sulfide) groups is 1. The molecule has 1 atom stereocenters.